The van der Waals surface area contributed by atoms with Crippen molar-refractivity contribution in [2.75, 3.05) is 6.54 Å². The molecule has 0 radical (unpaired) electrons. The lowest BCUT2D eigenvalue weighted by atomic mass is 10.2. The van der Waals surface area contributed by atoms with Crippen LogP contribution in [-0.2, 0) is 0 Å². The number of hydrogen-bond acceptors (Lipinski definition) is 2. The molecule has 84 valence electrons. The molecule has 0 aliphatic heterocycles. The molecule has 1 heterocycles. The lowest BCUT2D eigenvalue weighted by molar-refractivity contribution is 0.474. The molecule has 3 nitrogen and oxygen atoms in total. The van der Waals surface area contributed by atoms with Crippen LogP contribution < -0.4 is 5.32 Å². The zero-order valence-electron chi connectivity index (χ0n) is 9.95. The molecule has 0 spiro atoms. The van der Waals surface area contributed by atoms with E-state index in [4.69, 9.17) is 0 Å². The van der Waals surface area contributed by atoms with E-state index in [-0.39, 0.29) is 0 Å². The molecule has 0 amide bonds. The fourth-order valence-corrected chi connectivity index (χ4v) is 2.57. The zero-order chi connectivity index (χ0) is 10.8. The smallest absolute Gasteiger partial charge is 0.0954 e. The summed E-state index contributed by atoms with van der Waals surface area (Å²) in [7, 11) is 0. The van der Waals surface area contributed by atoms with Crippen molar-refractivity contribution >= 4 is 0 Å². The summed E-state index contributed by atoms with van der Waals surface area (Å²) in [6.45, 7) is 7.52. The molecule has 2 unspecified atom stereocenters. The molecule has 0 saturated heterocycles. The van der Waals surface area contributed by atoms with Crippen LogP contribution in [0.3, 0.4) is 0 Å². The first-order valence-electron chi connectivity index (χ1n) is 5.95. The van der Waals surface area contributed by atoms with Gasteiger partial charge in [0.15, 0.2) is 0 Å². The highest BCUT2D eigenvalue weighted by atomic mass is 15.1. The topological polar surface area (TPSA) is 29.9 Å². The highest BCUT2D eigenvalue weighted by Gasteiger charge is 2.26. The van der Waals surface area contributed by atoms with Crippen molar-refractivity contribution in [2.24, 2.45) is 0 Å². The first-order valence-corrected chi connectivity index (χ1v) is 5.95. The van der Waals surface area contributed by atoms with E-state index in [9.17, 15) is 0 Å². The van der Waals surface area contributed by atoms with E-state index in [1.807, 2.05) is 6.33 Å². The lowest BCUT2D eigenvalue weighted by Gasteiger charge is -2.15. The monoisotopic (exact) mass is 207 g/mol. The minimum Gasteiger partial charge on any atom is -0.332 e. The van der Waals surface area contributed by atoms with Crippen molar-refractivity contribution in [1.29, 1.82) is 0 Å². The third kappa shape index (κ3) is 2.07. The second-order valence-electron chi connectivity index (χ2n) is 4.54. The van der Waals surface area contributed by atoms with Gasteiger partial charge < -0.3 is 9.88 Å². The Labute approximate surface area is 91.9 Å². The van der Waals surface area contributed by atoms with Crippen LogP contribution in [-0.4, -0.2) is 22.1 Å². The Hall–Kier alpha value is -0.830. The summed E-state index contributed by atoms with van der Waals surface area (Å²) in [4.78, 5) is 4.37. The molecule has 1 fully saturated rings. The van der Waals surface area contributed by atoms with Gasteiger partial charge in [-0.2, -0.15) is 0 Å². The van der Waals surface area contributed by atoms with E-state index >= 15 is 0 Å². The van der Waals surface area contributed by atoms with Crippen LogP contribution >= 0.6 is 0 Å². The zero-order valence-corrected chi connectivity index (χ0v) is 9.95. The van der Waals surface area contributed by atoms with Gasteiger partial charge in [-0.1, -0.05) is 6.92 Å². The number of hydrogen-bond donors (Lipinski definition) is 1. The van der Waals surface area contributed by atoms with E-state index in [1.54, 1.807) is 0 Å². The number of aryl methyl sites for hydroxylation is 1. The van der Waals surface area contributed by atoms with Gasteiger partial charge in [-0.25, -0.2) is 4.98 Å². The number of aromatic nitrogens is 2. The van der Waals surface area contributed by atoms with Crippen molar-refractivity contribution in [3.8, 4) is 0 Å². The molecule has 1 N–H and O–H groups in total. The Morgan fingerprint density at radius 2 is 2.27 bits per heavy atom. The van der Waals surface area contributed by atoms with Gasteiger partial charge in [-0.05, 0) is 39.7 Å². The normalized spacial score (nSPS) is 26.1. The Balaban J connectivity index is 2.04. The van der Waals surface area contributed by atoms with Gasteiger partial charge in [-0.3, -0.25) is 0 Å². The standard InChI is InChI=1S/C12H21N3/c1-4-13-11-5-6-12(7-11)15-8-14-9(2)10(15)3/h8,11-13H,4-7H2,1-3H3. The van der Waals surface area contributed by atoms with Crippen molar-refractivity contribution in [3.63, 3.8) is 0 Å². The minimum atomic E-state index is 0.662. The molecule has 0 aromatic carbocycles. The van der Waals surface area contributed by atoms with Crippen molar-refractivity contribution in [1.82, 2.24) is 14.9 Å². The maximum Gasteiger partial charge on any atom is 0.0954 e. The maximum atomic E-state index is 4.37. The van der Waals surface area contributed by atoms with Gasteiger partial charge in [0.2, 0.25) is 0 Å². The third-order valence-electron chi connectivity index (χ3n) is 3.58. The summed E-state index contributed by atoms with van der Waals surface area (Å²) in [5.41, 5.74) is 2.50. The molecule has 0 bridgehead atoms. The maximum absolute atomic E-state index is 4.37. The SMILES string of the molecule is CCNC1CCC(n2cnc(C)c2C)C1. The number of imidazole rings is 1. The molecule has 15 heavy (non-hydrogen) atoms. The van der Waals surface area contributed by atoms with Crippen molar-refractivity contribution in [3.05, 3.63) is 17.7 Å². The quantitative estimate of drug-likeness (QED) is 0.823. The van der Waals surface area contributed by atoms with Gasteiger partial charge in [0.1, 0.15) is 0 Å². The van der Waals surface area contributed by atoms with Crippen LogP contribution in [0.1, 0.15) is 43.6 Å². The van der Waals surface area contributed by atoms with E-state index in [0.717, 1.165) is 6.54 Å². The van der Waals surface area contributed by atoms with Gasteiger partial charge in [0.05, 0.1) is 12.0 Å². The summed E-state index contributed by atoms with van der Waals surface area (Å²) in [5, 5.41) is 3.54. The van der Waals surface area contributed by atoms with Gasteiger partial charge in [0, 0.05) is 17.8 Å². The molecule has 1 aliphatic carbocycles. The predicted octanol–water partition coefficient (Wildman–Crippen LogP) is 2.20. The highest BCUT2D eigenvalue weighted by Crippen LogP contribution is 2.31. The first-order chi connectivity index (χ1) is 7.22. The highest BCUT2D eigenvalue weighted by molar-refractivity contribution is 5.10. The summed E-state index contributed by atoms with van der Waals surface area (Å²) in [6, 6.07) is 1.37. The average molecular weight is 207 g/mol. The van der Waals surface area contributed by atoms with Crippen LogP contribution in [0.15, 0.2) is 6.33 Å². The largest absolute Gasteiger partial charge is 0.332 e. The fourth-order valence-electron chi connectivity index (χ4n) is 2.57. The van der Waals surface area contributed by atoms with E-state index < -0.39 is 0 Å². The van der Waals surface area contributed by atoms with Gasteiger partial charge in [-0.15, -0.1) is 0 Å². The summed E-state index contributed by atoms with van der Waals surface area (Å²) in [5.74, 6) is 0. The molecule has 1 aliphatic rings. The molecule has 1 aromatic rings. The van der Waals surface area contributed by atoms with E-state index in [2.05, 4.69) is 35.6 Å². The molecule has 2 atom stereocenters. The molecule has 3 heteroatoms. The summed E-state index contributed by atoms with van der Waals surface area (Å²) >= 11 is 0. The number of rotatable bonds is 3. The van der Waals surface area contributed by atoms with Gasteiger partial charge >= 0.3 is 0 Å². The van der Waals surface area contributed by atoms with E-state index in [1.165, 1.54) is 30.7 Å². The first kappa shape index (κ1) is 10.7. The lowest BCUT2D eigenvalue weighted by Crippen LogP contribution is -2.26. The van der Waals surface area contributed by atoms with Gasteiger partial charge in [0.25, 0.3) is 0 Å². The Bertz CT molecular complexity index is 330. The van der Waals surface area contributed by atoms with Crippen LogP contribution in [0.4, 0.5) is 0 Å². The minimum absolute atomic E-state index is 0.662. The van der Waals surface area contributed by atoms with Crippen LogP contribution in [0, 0.1) is 13.8 Å². The van der Waals surface area contributed by atoms with Crippen LogP contribution in [0.25, 0.3) is 0 Å². The predicted molar refractivity (Wildman–Crippen MR) is 62.1 cm³/mol. The van der Waals surface area contributed by atoms with Crippen LogP contribution in [0.5, 0.6) is 0 Å². The van der Waals surface area contributed by atoms with Crippen molar-refractivity contribution < 1.29 is 0 Å². The molecule has 1 saturated carbocycles. The molecule has 1 aromatic heterocycles. The second kappa shape index (κ2) is 4.35. The van der Waals surface area contributed by atoms with Crippen molar-refractivity contribution in [2.45, 2.75) is 52.1 Å². The fraction of sp³-hybridized carbons (Fsp3) is 0.750. The summed E-state index contributed by atoms with van der Waals surface area (Å²) < 4.78 is 2.35. The number of nitrogens with one attached hydrogen (secondary N) is 1. The average Bonchev–Trinajstić information content (AvgIpc) is 2.77. The van der Waals surface area contributed by atoms with Crippen LogP contribution in [0.2, 0.25) is 0 Å². The van der Waals surface area contributed by atoms with E-state index in [0.29, 0.717) is 12.1 Å². The molecular formula is C12H21N3. The Morgan fingerprint density at radius 3 is 2.87 bits per heavy atom. The Morgan fingerprint density at radius 1 is 1.47 bits per heavy atom. The second-order valence-corrected chi connectivity index (χ2v) is 4.54. The number of nitrogens with zero attached hydrogens (tertiary/aromatic N) is 2. The molecule has 2 rings (SSSR count). The molecular weight excluding hydrogens is 186 g/mol. The third-order valence-corrected chi connectivity index (χ3v) is 3.58. The summed E-state index contributed by atoms with van der Waals surface area (Å²) in [6.07, 6.45) is 5.84. The Kier molecular flexibility index (Phi) is 3.10.